The third kappa shape index (κ3) is 2.55. The van der Waals surface area contributed by atoms with Crippen LogP contribution in [0.5, 0.6) is 0 Å². The molecule has 1 heterocycles. The van der Waals surface area contributed by atoms with Crippen molar-refractivity contribution in [1.82, 2.24) is 9.13 Å². The van der Waals surface area contributed by atoms with Crippen molar-refractivity contribution in [2.24, 2.45) is 14.1 Å². The molecule has 0 aliphatic carbocycles. The van der Waals surface area contributed by atoms with Crippen molar-refractivity contribution in [3.63, 3.8) is 0 Å². The van der Waals surface area contributed by atoms with Crippen LogP contribution >= 0.6 is 0 Å². The summed E-state index contributed by atoms with van der Waals surface area (Å²) in [6.45, 7) is 0. The van der Waals surface area contributed by atoms with Gasteiger partial charge >= 0.3 is 11.1 Å². The topological polar surface area (TPSA) is 127 Å². The number of hydrogen-bond donors (Lipinski definition) is 1. The van der Waals surface area contributed by atoms with Crippen LogP contribution in [0, 0.1) is 34.0 Å². The van der Waals surface area contributed by atoms with Gasteiger partial charge in [-0.25, -0.2) is 0 Å². The van der Waals surface area contributed by atoms with E-state index in [-0.39, 0.29) is 11.3 Å². The van der Waals surface area contributed by atoms with Gasteiger partial charge in [-0.05, 0) is 18.2 Å². The smallest absolute Gasteiger partial charge is 0.316 e. The Morgan fingerprint density at radius 1 is 0.957 bits per heavy atom. The van der Waals surface area contributed by atoms with E-state index in [2.05, 4.69) is 5.32 Å². The zero-order chi connectivity index (χ0) is 17.1. The van der Waals surface area contributed by atoms with Crippen LogP contribution in [0.2, 0.25) is 0 Å². The van der Waals surface area contributed by atoms with Crippen LogP contribution in [0.4, 0.5) is 5.69 Å². The molecule has 0 atom stereocenters. The van der Waals surface area contributed by atoms with Crippen molar-refractivity contribution in [2.45, 2.75) is 0 Å². The molecule has 8 nitrogen and oxygen atoms in total. The Bertz CT molecular complexity index is 1070. The van der Waals surface area contributed by atoms with Gasteiger partial charge in [-0.2, -0.15) is 15.8 Å². The fourth-order valence-corrected chi connectivity index (χ4v) is 2.09. The second kappa shape index (κ2) is 5.88. The second-order valence-corrected chi connectivity index (χ2v) is 4.64. The van der Waals surface area contributed by atoms with Crippen LogP contribution in [0.15, 0.2) is 39.1 Å². The first-order valence-corrected chi connectivity index (χ1v) is 6.36. The first-order valence-electron chi connectivity index (χ1n) is 6.36. The number of anilines is 1. The Kier molecular flexibility index (Phi) is 3.98. The number of fused-ring (bicyclic) bond motifs is 1. The summed E-state index contributed by atoms with van der Waals surface area (Å²) in [5, 5.41) is 29.4. The zero-order valence-corrected chi connectivity index (χ0v) is 12.3. The van der Waals surface area contributed by atoms with Gasteiger partial charge in [0.05, 0.1) is 11.0 Å². The molecule has 0 bridgehead atoms. The zero-order valence-electron chi connectivity index (χ0n) is 12.3. The normalized spacial score (nSPS) is 9.52. The Hall–Kier alpha value is -3.83. The predicted molar refractivity (Wildman–Crippen MR) is 81.9 cm³/mol. The van der Waals surface area contributed by atoms with E-state index in [0.29, 0.717) is 16.7 Å². The largest absolute Gasteiger partial charge is 0.345 e. The quantitative estimate of drug-likeness (QED) is 0.634. The number of nitrogens with zero attached hydrogens (tertiary/aromatic N) is 5. The first kappa shape index (κ1) is 15.6. The van der Waals surface area contributed by atoms with Crippen molar-refractivity contribution < 1.29 is 0 Å². The first-order chi connectivity index (χ1) is 10.9. The molecule has 2 aromatic rings. The summed E-state index contributed by atoms with van der Waals surface area (Å²) in [5.74, 6) is 0. The number of allylic oxidation sites excluding steroid dienone is 2. The third-order valence-electron chi connectivity index (χ3n) is 3.35. The minimum atomic E-state index is -0.678. The van der Waals surface area contributed by atoms with Crippen molar-refractivity contribution in [1.29, 1.82) is 15.8 Å². The SMILES string of the molecule is Cn1c(=O)c(=O)n(C)c2cc(NC(C#N)=C(C#N)C#N)ccc21. The summed E-state index contributed by atoms with van der Waals surface area (Å²) >= 11 is 0. The molecule has 0 saturated heterocycles. The minimum absolute atomic E-state index is 0.191. The van der Waals surface area contributed by atoms with E-state index in [0.717, 1.165) is 0 Å². The van der Waals surface area contributed by atoms with E-state index in [4.69, 9.17) is 15.8 Å². The summed E-state index contributed by atoms with van der Waals surface area (Å²) in [7, 11) is 2.95. The molecule has 0 fully saturated rings. The van der Waals surface area contributed by atoms with Crippen molar-refractivity contribution in [2.75, 3.05) is 5.32 Å². The van der Waals surface area contributed by atoms with Gasteiger partial charge in [-0.15, -0.1) is 0 Å². The Morgan fingerprint density at radius 2 is 1.52 bits per heavy atom. The number of nitriles is 3. The van der Waals surface area contributed by atoms with E-state index in [9.17, 15) is 9.59 Å². The van der Waals surface area contributed by atoms with E-state index in [1.807, 2.05) is 0 Å². The van der Waals surface area contributed by atoms with Gasteiger partial charge < -0.3 is 14.5 Å². The monoisotopic (exact) mass is 306 g/mol. The highest BCUT2D eigenvalue weighted by molar-refractivity contribution is 5.80. The highest BCUT2D eigenvalue weighted by Crippen LogP contribution is 2.18. The van der Waals surface area contributed by atoms with Crippen molar-refractivity contribution in [3.8, 4) is 18.2 Å². The minimum Gasteiger partial charge on any atom is -0.345 e. The lowest BCUT2D eigenvalue weighted by Gasteiger charge is -2.11. The van der Waals surface area contributed by atoms with Gasteiger partial charge in [0.25, 0.3) is 0 Å². The second-order valence-electron chi connectivity index (χ2n) is 4.64. The lowest BCUT2D eigenvalue weighted by atomic mass is 10.2. The molecule has 112 valence electrons. The lowest BCUT2D eigenvalue weighted by molar-refractivity contribution is 0.799. The van der Waals surface area contributed by atoms with Gasteiger partial charge in [0, 0.05) is 19.8 Å². The summed E-state index contributed by atoms with van der Waals surface area (Å²) in [6.07, 6.45) is 0. The summed E-state index contributed by atoms with van der Waals surface area (Å²) in [4.78, 5) is 23.6. The molecule has 0 radical (unpaired) electrons. The van der Waals surface area contributed by atoms with Crippen LogP contribution in [-0.2, 0) is 14.1 Å². The van der Waals surface area contributed by atoms with Crippen LogP contribution in [0.25, 0.3) is 11.0 Å². The van der Waals surface area contributed by atoms with Gasteiger partial charge in [0.2, 0.25) is 0 Å². The Labute approximate surface area is 130 Å². The average molecular weight is 306 g/mol. The molecule has 0 saturated carbocycles. The van der Waals surface area contributed by atoms with Crippen LogP contribution in [-0.4, -0.2) is 9.13 Å². The summed E-state index contributed by atoms with van der Waals surface area (Å²) in [6, 6.07) is 9.74. The molecule has 0 amide bonds. The lowest BCUT2D eigenvalue weighted by Crippen LogP contribution is -2.39. The van der Waals surface area contributed by atoms with Gasteiger partial charge in [0.1, 0.15) is 23.9 Å². The van der Waals surface area contributed by atoms with E-state index >= 15 is 0 Å². The van der Waals surface area contributed by atoms with Gasteiger partial charge in [0.15, 0.2) is 5.57 Å². The highest BCUT2D eigenvalue weighted by atomic mass is 16.2. The molecule has 1 N–H and O–H groups in total. The van der Waals surface area contributed by atoms with Gasteiger partial charge in [-0.3, -0.25) is 9.59 Å². The van der Waals surface area contributed by atoms with E-state index in [1.165, 1.54) is 23.2 Å². The molecule has 0 aliphatic heterocycles. The molecule has 0 aliphatic rings. The fourth-order valence-electron chi connectivity index (χ4n) is 2.09. The van der Waals surface area contributed by atoms with E-state index < -0.39 is 11.1 Å². The number of aryl methyl sites for hydroxylation is 2. The Balaban J connectivity index is 2.69. The molecule has 0 spiro atoms. The molecule has 23 heavy (non-hydrogen) atoms. The van der Waals surface area contributed by atoms with E-state index in [1.54, 1.807) is 36.4 Å². The maximum Gasteiger partial charge on any atom is 0.316 e. The third-order valence-corrected chi connectivity index (χ3v) is 3.35. The molecular formula is C15H10N6O2. The molecule has 0 unspecified atom stereocenters. The number of hydrogen-bond acceptors (Lipinski definition) is 6. The Morgan fingerprint density at radius 3 is 2.04 bits per heavy atom. The van der Waals surface area contributed by atoms with Crippen LogP contribution in [0.1, 0.15) is 0 Å². The predicted octanol–water partition coefficient (Wildman–Crippen LogP) is 0.474. The molecular weight excluding hydrogens is 296 g/mol. The maximum atomic E-state index is 11.9. The van der Waals surface area contributed by atoms with Crippen molar-refractivity contribution >= 4 is 16.7 Å². The maximum absolute atomic E-state index is 11.9. The molecule has 1 aromatic carbocycles. The standard InChI is InChI=1S/C15H10N6O2/c1-20-12-4-3-10(19-11(8-18)9(6-16)7-17)5-13(12)21(2)15(23)14(20)22/h3-5,19H,1-2H3. The average Bonchev–Trinajstić information content (AvgIpc) is 2.58. The van der Waals surface area contributed by atoms with Crippen LogP contribution < -0.4 is 16.4 Å². The highest BCUT2D eigenvalue weighted by Gasteiger charge is 2.10. The molecule has 8 heteroatoms. The number of benzene rings is 1. The van der Waals surface area contributed by atoms with Crippen molar-refractivity contribution in [3.05, 3.63) is 50.2 Å². The molecule has 2 rings (SSSR count). The number of nitrogens with one attached hydrogen (secondary N) is 1. The van der Waals surface area contributed by atoms with Crippen LogP contribution in [0.3, 0.4) is 0 Å². The number of aromatic nitrogens is 2. The fraction of sp³-hybridized carbons (Fsp3) is 0.133. The van der Waals surface area contributed by atoms with Gasteiger partial charge in [-0.1, -0.05) is 0 Å². The number of rotatable bonds is 2. The summed E-state index contributed by atoms with van der Waals surface area (Å²) < 4.78 is 2.44. The molecule has 1 aromatic heterocycles. The summed E-state index contributed by atoms with van der Waals surface area (Å²) in [5.41, 5.74) is -0.449.